The minimum absolute atomic E-state index is 0.0185. The molecular formula is C19H24N4O2. The first kappa shape index (κ1) is 16.3. The maximum atomic E-state index is 13.4. The summed E-state index contributed by atoms with van der Waals surface area (Å²) in [7, 11) is 0. The number of ether oxygens (including phenoxy) is 1. The molecule has 132 valence electrons. The molecule has 0 aliphatic carbocycles. The summed E-state index contributed by atoms with van der Waals surface area (Å²) in [4.78, 5) is 13.4. The highest BCUT2D eigenvalue weighted by Gasteiger charge is 2.43. The highest BCUT2D eigenvalue weighted by atomic mass is 16.5. The Bertz CT molecular complexity index is 777. The Hall–Kier alpha value is -2.18. The van der Waals surface area contributed by atoms with Crippen LogP contribution in [0.15, 0.2) is 24.3 Å². The third kappa shape index (κ3) is 2.85. The molecule has 1 aromatic carbocycles. The van der Waals surface area contributed by atoms with Crippen molar-refractivity contribution >= 4 is 11.7 Å². The largest absolute Gasteiger partial charge is 0.381 e. The quantitative estimate of drug-likeness (QED) is 0.799. The number of carbonyl (C=O) groups is 1. The topological polar surface area (TPSA) is 79.0 Å². The summed E-state index contributed by atoms with van der Waals surface area (Å²) in [6, 6.07) is 8.16. The van der Waals surface area contributed by atoms with Gasteiger partial charge in [-0.2, -0.15) is 5.10 Å². The van der Waals surface area contributed by atoms with Crippen LogP contribution in [0.1, 0.15) is 35.2 Å². The molecule has 1 aromatic heterocycles. The highest BCUT2D eigenvalue weighted by Crippen LogP contribution is 2.38. The second-order valence-electron chi connectivity index (χ2n) is 6.92. The van der Waals surface area contributed by atoms with E-state index < -0.39 is 5.41 Å². The van der Waals surface area contributed by atoms with Crippen LogP contribution >= 0.6 is 0 Å². The van der Waals surface area contributed by atoms with Crippen molar-refractivity contribution in [1.29, 1.82) is 0 Å². The van der Waals surface area contributed by atoms with Crippen LogP contribution < -0.4 is 10.6 Å². The first-order valence-corrected chi connectivity index (χ1v) is 8.93. The zero-order valence-electron chi connectivity index (χ0n) is 14.5. The van der Waals surface area contributed by atoms with E-state index >= 15 is 0 Å². The van der Waals surface area contributed by atoms with Gasteiger partial charge < -0.3 is 15.4 Å². The molecule has 0 unspecified atom stereocenters. The fourth-order valence-corrected chi connectivity index (χ4v) is 4.00. The number of hydrogen-bond donors (Lipinski definition) is 3. The standard InChI is InChI=1S/C19H24N4O2/c1-13-4-2-3-5-15(13)19(7-10-25-11-8-19)18(24)21-17-14-12-20-9-6-16(14)22-23-17/h2-5,20H,6-12H2,1H3,(H2,21,22,23,24). The molecule has 0 radical (unpaired) electrons. The van der Waals surface area contributed by atoms with Crippen LogP contribution in [0, 0.1) is 6.92 Å². The van der Waals surface area contributed by atoms with Crippen LogP contribution in [0.5, 0.6) is 0 Å². The lowest BCUT2D eigenvalue weighted by atomic mass is 9.71. The molecule has 1 fully saturated rings. The predicted molar refractivity (Wildman–Crippen MR) is 95.5 cm³/mol. The van der Waals surface area contributed by atoms with E-state index in [2.05, 4.69) is 39.9 Å². The maximum absolute atomic E-state index is 13.4. The van der Waals surface area contributed by atoms with Gasteiger partial charge in [0, 0.05) is 44.0 Å². The van der Waals surface area contributed by atoms with Gasteiger partial charge in [-0.1, -0.05) is 24.3 Å². The summed E-state index contributed by atoms with van der Waals surface area (Å²) in [5.74, 6) is 0.677. The van der Waals surface area contributed by atoms with E-state index in [0.29, 0.717) is 31.9 Å². The van der Waals surface area contributed by atoms with Crippen LogP contribution in [0.3, 0.4) is 0 Å². The fourth-order valence-electron chi connectivity index (χ4n) is 4.00. The summed E-state index contributed by atoms with van der Waals surface area (Å²) in [5, 5.41) is 13.9. The van der Waals surface area contributed by atoms with Gasteiger partial charge in [0.25, 0.3) is 0 Å². The zero-order valence-corrected chi connectivity index (χ0v) is 14.5. The number of nitrogens with zero attached hydrogens (tertiary/aromatic N) is 1. The molecule has 0 spiro atoms. The van der Waals surface area contributed by atoms with Gasteiger partial charge in [0.1, 0.15) is 0 Å². The van der Waals surface area contributed by atoms with E-state index in [9.17, 15) is 4.79 Å². The molecule has 0 atom stereocenters. The number of nitrogens with one attached hydrogen (secondary N) is 3. The Labute approximate surface area is 147 Å². The number of hydrogen-bond acceptors (Lipinski definition) is 4. The van der Waals surface area contributed by atoms with Gasteiger partial charge in [0.05, 0.1) is 5.41 Å². The molecule has 3 N–H and O–H groups in total. The lowest BCUT2D eigenvalue weighted by molar-refractivity contribution is -0.125. The average molecular weight is 340 g/mol. The Kier molecular flexibility index (Phi) is 4.31. The van der Waals surface area contributed by atoms with Crippen molar-refractivity contribution in [3.05, 3.63) is 46.6 Å². The lowest BCUT2D eigenvalue weighted by Gasteiger charge is -2.37. The van der Waals surface area contributed by atoms with Gasteiger partial charge in [0.15, 0.2) is 5.82 Å². The van der Waals surface area contributed by atoms with E-state index in [4.69, 9.17) is 4.74 Å². The number of anilines is 1. The number of aryl methyl sites for hydroxylation is 1. The third-order valence-electron chi connectivity index (χ3n) is 5.48. The average Bonchev–Trinajstić information content (AvgIpc) is 3.06. The summed E-state index contributed by atoms with van der Waals surface area (Å²) in [6.45, 7) is 4.94. The number of carbonyl (C=O) groups excluding carboxylic acids is 1. The van der Waals surface area contributed by atoms with E-state index in [1.54, 1.807) is 0 Å². The first-order chi connectivity index (χ1) is 12.2. The van der Waals surface area contributed by atoms with Crippen molar-refractivity contribution in [2.45, 2.75) is 38.1 Å². The molecule has 3 heterocycles. The molecule has 6 nitrogen and oxygen atoms in total. The summed E-state index contributed by atoms with van der Waals surface area (Å²) >= 11 is 0. The van der Waals surface area contributed by atoms with Crippen molar-refractivity contribution in [2.24, 2.45) is 0 Å². The van der Waals surface area contributed by atoms with Crippen molar-refractivity contribution in [2.75, 3.05) is 25.1 Å². The summed E-state index contributed by atoms with van der Waals surface area (Å²) < 4.78 is 5.55. The Morgan fingerprint density at radius 2 is 2.08 bits per heavy atom. The maximum Gasteiger partial charge on any atom is 0.236 e. The summed E-state index contributed by atoms with van der Waals surface area (Å²) in [5.41, 5.74) is 3.87. The second kappa shape index (κ2) is 6.61. The number of rotatable bonds is 3. The third-order valence-corrected chi connectivity index (χ3v) is 5.48. The molecule has 2 aliphatic heterocycles. The van der Waals surface area contributed by atoms with Crippen LogP contribution in [0.4, 0.5) is 5.82 Å². The van der Waals surface area contributed by atoms with Gasteiger partial charge in [-0.25, -0.2) is 0 Å². The fraction of sp³-hybridized carbons (Fsp3) is 0.474. The van der Waals surface area contributed by atoms with Crippen LogP contribution in [-0.4, -0.2) is 35.9 Å². The van der Waals surface area contributed by atoms with Crippen LogP contribution in [0.25, 0.3) is 0 Å². The number of aromatic amines is 1. The van der Waals surface area contributed by atoms with Gasteiger partial charge in [-0.3, -0.25) is 9.89 Å². The minimum atomic E-state index is -0.558. The molecule has 2 aromatic rings. The van der Waals surface area contributed by atoms with E-state index in [-0.39, 0.29) is 5.91 Å². The van der Waals surface area contributed by atoms with Gasteiger partial charge >= 0.3 is 0 Å². The van der Waals surface area contributed by atoms with Crippen molar-refractivity contribution in [3.8, 4) is 0 Å². The molecule has 0 bridgehead atoms. The smallest absolute Gasteiger partial charge is 0.236 e. The second-order valence-corrected chi connectivity index (χ2v) is 6.92. The van der Waals surface area contributed by atoms with E-state index in [1.807, 2.05) is 12.1 Å². The Morgan fingerprint density at radius 3 is 2.88 bits per heavy atom. The molecule has 25 heavy (non-hydrogen) atoms. The monoisotopic (exact) mass is 340 g/mol. The molecule has 1 saturated heterocycles. The van der Waals surface area contributed by atoms with Gasteiger partial charge in [0.2, 0.25) is 5.91 Å². The van der Waals surface area contributed by atoms with E-state index in [1.165, 1.54) is 0 Å². The van der Waals surface area contributed by atoms with Crippen molar-refractivity contribution in [3.63, 3.8) is 0 Å². The number of fused-ring (bicyclic) bond motifs is 1. The van der Waals surface area contributed by atoms with Gasteiger partial charge in [-0.05, 0) is 30.9 Å². The molecular weight excluding hydrogens is 316 g/mol. The normalized spacial score (nSPS) is 19.2. The Balaban J connectivity index is 1.67. The first-order valence-electron chi connectivity index (χ1n) is 8.93. The number of H-pyrrole nitrogens is 1. The Morgan fingerprint density at radius 1 is 1.28 bits per heavy atom. The molecule has 6 heteroatoms. The van der Waals surface area contributed by atoms with Crippen molar-refractivity contribution < 1.29 is 9.53 Å². The van der Waals surface area contributed by atoms with Crippen LogP contribution in [-0.2, 0) is 27.9 Å². The van der Waals surface area contributed by atoms with Crippen LogP contribution in [0.2, 0.25) is 0 Å². The minimum Gasteiger partial charge on any atom is -0.381 e. The predicted octanol–water partition coefficient (Wildman–Crippen LogP) is 2.05. The number of aromatic nitrogens is 2. The molecule has 1 amide bonds. The molecule has 2 aliphatic rings. The van der Waals surface area contributed by atoms with E-state index in [0.717, 1.165) is 41.9 Å². The van der Waals surface area contributed by atoms with Gasteiger partial charge in [-0.15, -0.1) is 0 Å². The SMILES string of the molecule is Cc1ccccc1C1(C(=O)Nc2n[nH]c3c2CNCC3)CCOCC1. The molecule has 4 rings (SSSR count). The number of benzene rings is 1. The zero-order chi connectivity index (χ0) is 17.3. The van der Waals surface area contributed by atoms with Crippen molar-refractivity contribution in [1.82, 2.24) is 15.5 Å². The highest BCUT2D eigenvalue weighted by molar-refractivity contribution is 5.99. The summed E-state index contributed by atoms with van der Waals surface area (Å²) in [6.07, 6.45) is 2.29. The number of amides is 1. The lowest BCUT2D eigenvalue weighted by Crippen LogP contribution is -2.45. The molecule has 0 saturated carbocycles.